The molecule has 174 valence electrons. The molecule has 0 bridgehead atoms. The van der Waals surface area contributed by atoms with Crippen LogP contribution in [0.1, 0.15) is 43.4 Å². The summed E-state index contributed by atoms with van der Waals surface area (Å²) >= 11 is 15.2. The Labute approximate surface area is 208 Å². The van der Waals surface area contributed by atoms with E-state index in [1.165, 1.54) is 16.7 Å². The van der Waals surface area contributed by atoms with Gasteiger partial charge in [0.05, 0.1) is 4.87 Å². The minimum Gasteiger partial charge on any atom is -0.308 e. The van der Waals surface area contributed by atoms with Gasteiger partial charge >= 0.3 is 0 Å². The van der Waals surface area contributed by atoms with Crippen molar-refractivity contribution in [1.29, 1.82) is 0 Å². The molecule has 0 saturated heterocycles. The summed E-state index contributed by atoms with van der Waals surface area (Å²) in [5.74, 6) is 0. The summed E-state index contributed by atoms with van der Waals surface area (Å²) in [6, 6.07) is 31.4. The molecule has 4 rings (SSSR count). The summed E-state index contributed by atoms with van der Waals surface area (Å²) < 4.78 is 0. The Morgan fingerprint density at radius 3 is 1.76 bits per heavy atom. The Balaban J connectivity index is 1.66. The average Bonchev–Trinajstić information content (AvgIpc) is 2.81. The Morgan fingerprint density at radius 2 is 1.21 bits per heavy atom. The lowest BCUT2D eigenvalue weighted by Gasteiger charge is -2.56. The van der Waals surface area contributed by atoms with Crippen LogP contribution in [-0.2, 0) is 19.5 Å². The second-order valence-corrected chi connectivity index (χ2v) is 11.4. The number of rotatable bonds is 8. The van der Waals surface area contributed by atoms with Crippen LogP contribution in [0.4, 0.5) is 0 Å². The first kappa shape index (κ1) is 24.3. The second-order valence-electron chi connectivity index (χ2n) is 10.1. The van der Waals surface area contributed by atoms with E-state index in [1.54, 1.807) is 0 Å². The largest absolute Gasteiger partial charge is 0.308 e. The fourth-order valence-electron chi connectivity index (χ4n) is 5.14. The van der Waals surface area contributed by atoms with Crippen LogP contribution in [0.3, 0.4) is 0 Å². The molecule has 3 unspecified atom stereocenters. The standard InChI is InChI=1S/C29H34Cl2N2/c1-27(2)19-26(32-20-24-14-8-4-9-15-24)28(30,18-23-12-6-3-7-13-23)29(31,22-27)33-21-25-16-10-5-11-17-25/h3-17,26,32-33H,18-22H2,1-2H3. The number of hydrogen-bond acceptors (Lipinski definition) is 2. The fraction of sp³-hybridized carbons (Fsp3) is 0.379. The van der Waals surface area contributed by atoms with Gasteiger partial charge in [-0.05, 0) is 41.4 Å². The number of halogens is 2. The van der Waals surface area contributed by atoms with E-state index in [-0.39, 0.29) is 11.5 Å². The van der Waals surface area contributed by atoms with Gasteiger partial charge in [0.1, 0.15) is 5.00 Å². The van der Waals surface area contributed by atoms with Gasteiger partial charge in [-0.1, -0.05) is 105 Å². The predicted molar refractivity (Wildman–Crippen MR) is 141 cm³/mol. The first-order valence-corrected chi connectivity index (χ1v) is 12.5. The first-order chi connectivity index (χ1) is 15.8. The zero-order chi connectivity index (χ0) is 23.4. The van der Waals surface area contributed by atoms with Crippen molar-refractivity contribution in [1.82, 2.24) is 10.6 Å². The Kier molecular flexibility index (Phi) is 7.50. The van der Waals surface area contributed by atoms with E-state index in [0.717, 1.165) is 19.4 Å². The van der Waals surface area contributed by atoms with Crippen LogP contribution < -0.4 is 10.6 Å². The van der Waals surface area contributed by atoms with Crippen molar-refractivity contribution in [3.05, 3.63) is 108 Å². The summed E-state index contributed by atoms with van der Waals surface area (Å²) in [5.41, 5.74) is 3.69. The quantitative estimate of drug-likeness (QED) is 0.270. The minimum absolute atomic E-state index is 0.0316. The van der Waals surface area contributed by atoms with Crippen LogP contribution in [0.15, 0.2) is 91.0 Å². The molecule has 1 fully saturated rings. The molecular formula is C29H34Cl2N2. The van der Waals surface area contributed by atoms with Crippen molar-refractivity contribution in [3.8, 4) is 0 Å². The average molecular weight is 482 g/mol. The molecule has 33 heavy (non-hydrogen) atoms. The summed E-state index contributed by atoms with van der Waals surface area (Å²) in [6.45, 7) is 6.03. The maximum atomic E-state index is 7.69. The third-order valence-electron chi connectivity index (χ3n) is 6.81. The molecule has 3 aromatic rings. The van der Waals surface area contributed by atoms with Crippen LogP contribution in [0.2, 0.25) is 0 Å². The summed E-state index contributed by atoms with van der Waals surface area (Å²) in [6.07, 6.45) is 2.43. The molecule has 3 aromatic carbocycles. The monoisotopic (exact) mass is 480 g/mol. The van der Waals surface area contributed by atoms with Gasteiger partial charge in [-0.25, -0.2) is 0 Å². The van der Waals surface area contributed by atoms with Crippen molar-refractivity contribution in [3.63, 3.8) is 0 Å². The maximum Gasteiger partial charge on any atom is 0.115 e. The van der Waals surface area contributed by atoms with Crippen molar-refractivity contribution in [2.75, 3.05) is 0 Å². The van der Waals surface area contributed by atoms with E-state index >= 15 is 0 Å². The summed E-state index contributed by atoms with van der Waals surface area (Å²) in [7, 11) is 0. The third-order valence-corrected chi connectivity index (χ3v) is 8.23. The number of nitrogens with one attached hydrogen (secondary N) is 2. The Morgan fingerprint density at radius 1 is 0.727 bits per heavy atom. The van der Waals surface area contributed by atoms with Gasteiger partial charge in [-0.15, -0.1) is 23.2 Å². The Hall–Kier alpha value is -1.84. The van der Waals surface area contributed by atoms with Gasteiger partial charge in [0.15, 0.2) is 0 Å². The van der Waals surface area contributed by atoms with Crippen molar-refractivity contribution in [2.24, 2.45) is 5.41 Å². The predicted octanol–water partition coefficient (Wildman–Crippen LogP) is 6.91. The molecule has 0 spiro atoms. The Bertz CT molecular complexity index is 1010. The van der Waals surface area contributed by atoms with Crippen LogP contribution in [0, 0.1) is 5.41 Å². The van der Waals surface area contributed by atoms with Gasteiger partial charge in [0.2, 0.25) is 0 Å². The van der Waals surface area contributed by atoms with Crippen LogP contribution in [0.5, 0.6) is 0 Å². The zero-order valence-electron chi connectivity index (χ0n) is 19.5. The highest BCUT2D eigenvalue weighted by atomic mass is 35.5. The fourth-order valence-corrected chi connectivity index (χ4v) is 6.21. The lowest BCUT2D eigenvalue weighted by Crippen LogP contribution is -2.70. The number of alkyl halides is 2. The van der Waals surface area contributed by atoms with E-state index in [4.69, 9.17) is 23.2 Å². The number of hydrogen-bond donors (Lipinski definition) is 2. The van der Waals surface area contributed by atoms with E-state index in [1.807, 2.05) is 18.2 Å². The van der Waals surface area contributed by atoms with Gasteiger partial charge in [-0.2, -0.15) is 0 Å². The zero-order valence-corrected chi connectivity index (χ0v) is 21.0. The summed E-state index contributed by atoms with van der Waals surface area (Å²) in [5, 5.41) is 7.50. The first-order valence-electron chi connectivity index (χ1n) is 11.8. The van der Waals surface area contributed by atoms with Crippen molar-refractivity contribution in [2.45, 2.75) is 62.1 Å². The van der Waals surface area contributed by atoms with Gasteiger partial charge < -0.3 is 5.32 Å². The minimum atomic E-state index is -0.781. The molecule has 3 atom stereocenters. The molecule has 0 radical (unpaired) electrons. The topological polar surface area (TPSA) is 24.1 Å². The lowest BCUT2D eigenvalue weighted by molar-refractivity contribution is 0.0914. The lowest BCUT2D eigenvalue weighted by atomic mass is 9.65. The van der Waals surface area contributed by atoms with E-state index in [2.05, 4.69) is 97.3 Å². The normalized spacial score (nSPS) is 26.7. The maximum absolute atomic E-state index is 7.69. The molecule has 2 nitrogen and oxygen atoms in total. The van der Waals surface area contributed by atoms with Crippen molar-refractivity contribution < 1.29 is 0 Å². The van der Waals surface area contributed by atoms with Crippen LogP contribution in [-0.4, -0.2) is 15.9 Å². The molecule has 1 saturated carbocycles. The smallest absolute Gasteiger partial charge is 0.115 e. The highest BCUT2D eigenvalue weighted by Gasteiger charge is 2.59. The molecule has 0 aromatic heterocycles. The van der Waals surface area contributed by atoms with Gasteiger partial charge in [0, 0.05) is 19.1 Å². The van der Waals surface area contributed by atoms with Crippen LogP contribution in [0.25, 0.3) is 0 Å². The molecule has 1 aliphatic rings. The molecule has 0 aliphatic heterocycles. The molecular weight excluding hydrogens is 447 g/mol. The van der Waals surface area contributed by atoms with Gasteiger partial charge in [-0.3, -0.25) is 5.32 Å². The van der Waals surface area contributed by atoms with Crippen LogP contribution >= 0.6 is 23.2 Å². The SMILES string of the molecule is CC1(C)CC(NCc2ccccc2)C(Cl)(Cc2ccccc2)C(Cl)(NCc2ccccc2)C1. The highest BCUT2D eigenvalue weighted by Crippen LogP contribution is 2.53. The third kappa shape index (κ3) is 5.81. The van der Waals surface area contributed by atoms with Gasteiger partial charge in [0.25, 0.3) is 0 Å². The second kappa shape index (κ2) is 10.2. The molecule has 2 N–H and O–H groups in total. The summed E-state index contributed by atoms with van der Waals surface area (Å²) in [4.78, 5) is -1.49. The van der Waals surface area contributed by atoms with E-state index < -0.39 is 9.87 Å². The van der Waals surface area contributed by atoms with E-state index in [9.17, 15) is 0 Å². The number of benzene rings is 3. The van der Waals surface area contributed by atoms with E-state index in [0.29, 0.717) is 13.0 Å². The molecule has 4 heteroatoms. The molecule has 1 aliphatic carbocycles. The molecule has 0 heterocycles. The molecule has 0 amide bonds. The highest BCUT2D eigenvalue weighted by molar-refractivity contribution is 6.35. The van der Waals surface area contributed by atoms with Crippen molar-refractivity contribution >= 4 is 23.2 Å².